The molecule has 1 aliphatic carbocycles. The van der Waals surface area contributed by atoms with Crippen LogP contribution >= 0.6 is 23.2 Å². The second kappa shape index (κ2) is 7.01. The first-order valence-corrected chi connectivity index (χ1v) is 7.99. The highest BCUT2D eigenvalue weighted by molar-refractivity contribution is 6.37. The first kappa shape index (κ1) is 19.0. The molecule has 0 aliphatic heterocycles. The van der Waals surface area contributed by atoms with E-state index in [-0.39, 0.29) is 11.7 Å². The molecule has 1 aliphatic rings. The lowest BCUT2D eigenvalue weighted by Crippen LogP contribution is -2.42. The summed E-state index contributed by atoms with van der Waals surface area (Å²) in [6.07, 6.45) is 1.31. The van der Waals surface area contributed by atoms with E-state index in [1.54, 1.807) is 12.1 Å². The molecule has 0 radical (unpaired) electrons. The van der Waals surface area contributed by atoms with Crippen LogP contribution in [0.1, 0.15) is 57.8 Å². The summed E-state index contributed by atoms with van der Waals surface area (Å²) in [5, 5.41) is 3.49. The van der Waals surface area contributed by atoms with E-state index in [0.29, 0.717) is 33.9 Å². The Kier molecular flexibility index (Phi) is 6.05. The van der Waals surface area contributed by atoms with Crippen molar-refractivity contribution in [2.75, 3.05) is 0 Å². The molecular weight excluding hydrogens is 321 g/mol. The fourth-order valence-electron chi connectivity index (χ4n) is 1.80. The van der Waals surface area contributed by atoms with Gasteiger partial charge in [0.25, 0.3) is 0 Å². The Bertz CT molecular complexity index is 567. The largest absolute Gasteiger partial charge is 0.343 e. The van der Waals surface area contributed by atoms with Crippen LogP contribution in [0.25, 0.3) is 0 Å². The molecule has 0 atom stereocenters. The van der Waals surface area contributed by atoms with Gasteiger partial charge in [0.1, 0.15) is 5.54 Å². The van der Waals surface area contributed by atoms with Crippen LogP contribution in [0.4, 0.5) is 0 Å². The third-order valence-corrected chi connectivity index (χ3v) is 3.32. The van der Waals surface area contributed by atoms with Gasteiger partial charge >= 0.3 is 0 Å². The highest BCUT2D eigenvalue weighted by atomic mass is 35.5. The van der Waals surface area contributed by atoms with Crippen LogP contribution in [0.3, 0.4) is 0 Å². The molecule has 1 aromatic carbocycles. The Balaban J connectivity index is 0.000000422. The maximum atomic E-state index is 12.3. The molecule has 122 valence electrons. The summed E-state index contributed by atoms with van der Waals surface area (Å²) >= 11 is 11.7. The Morgan fingerprint density at radius 2 is 1.64 bits per heavy atom. The molecular formula is C17H23Cl2NO2. The van der Waals surface area contributed by atoms with Gasteiger partial charge in [-0.05, 0) is 36.5 Å². The van der Waals surface area contributed by atoms with Crippen LogP contribution in [-0.4, -0.2) is 17.2 Å². The third-order valence-electron chi connectivity index (χ3n) is 2.78. The van der Waals surface area contributed by atoms with Crippen LogP contribution in [0.5, 0.6) is 0 Å². The first-order chi connectivity index (χ1) is 9.94. The summed E-state index contributed by atoms with van der Waals surface area (Å²) in [6.45, 7) is 10.1. The molecule has 0 heterocycles. The number of carbonyl (C=O) groups excluding carboxylic acids is 2. The van der Waals surface area contributed by atoms with Gasteiger partial charge in [0.2, 0.25) is 5.91 Å². The van der Waals surface area contributed by atoms with Crippen LogP contribution in [0, 0.1) is 5.41 Å². The summed E-state index contributed by atoms with van der Waals surface area (Å²) in [6, 6.07) is 4.74. The average Bonchev–Trinajstić information content (AvgIpc) is 3.06. The lowest BCUT2D eigenvalue weighted by atomic mass is 10.0. The van der Waals surface area contributed by atoms with Crippen molar-refractivity contribution < 1.29 is 9.59 Å². The fraction of sp³-hybridized carbons (Fsp3) is 0.529. The molecule has 2 rings (SSSR count). The van der Waals surface area contributed by atoms with Crippen molar-refractivity contribution in [3.63, 3.8) is 0 Å². The maximum absolute atomic E-state index is 12.3. The molecule has 1 N–H and O–H groups in total. The fourth-order valence-corrected chi connectivity index (χ4v) is 2.30. The van der Waals surface area contributed by atoms with Crippen molar-refractivity contribution in [2.24, 2.45) is 5.41 Å². The Hall–Kier alpha value is -1.06. The monoisotopic (exact) mass is 343 g/mol. The molecule has 0 aromatic heterocycles. The van der Waals surface area contributed by atoms with Crippen molar-refractivity contribution in [2.45, 2.75) is 53.0 Å². The van der Waals surface area contributed by atoms with E-state index in [2.05, 4.69) is 33.0 Å². The molecule has 1 amide bonds. The van der Waals surface area contributed by atoms with E-state index < -0.39 is 5.54 Å². The van der Waals surface area contributed by atoms with E-state index in [4.69, 9.17) is 23.2 Å². The number of benzene rings is 1. The molecule has 0 bridgehead atoms. The van der Waals surface area contributed by atoms with Crippen molar-refractivity contribution in [1.82, 2.24) is 5.32 Å². The summed E-state index contributed by atoms with van der Waals surface area (Å²) in [4.78, 5) is 23.3. The Labute approximate surface area is 142 Å². The highest BCUT2D eigenvalue weighted by Crippen LogP contribution is 2.40. The van der Waals surface area contributed by atoms with Gasteiger partial charge in [-0.25, -0.2) is 0 Å². The second-order valence-electron chi connectivity index (χ2n) is 7.22. The molecule has 1 fully saturated rings. The highest BCUT2D eigenvalue weighted by Gasteiger charge is 2.51. The molecule has 1 aromatic rings. The quantitative estimate of drug-likeness (QED) is 0.793. The van der Waals surface area contributed by atoms with Crippen LogP contribution in [-0.2, 0) is 4.79 Å². The van der Waals surface area contributed by atoms with Crippen molar-refractivity contribution in [3.8, 4) is 0 Å². The van der Waals surface area contributed by atoms with Gasteiger partial charge < -0.3 is 5.32 Å². The summed E-state index contributed by atoms with van der Waals surface area (Å²) in [7, 11) is 0. The number of Topliss-reactive ketones (excluding diaryl/α,β-unsaturated/α-hetero) is 1. The number of carbonyl (C=O) groups is 2. The van der Waals surface area contributed by atoms with Crippen LogP contribution in [0.2, 0.25) is 10.0 Å². The van der Waals surface area contributed by atoms with Crippen LogP contribution in [0.15, 0.2) is 18.2 Å². The minimum Gasteiger partial charge on any atom is -0.343 e. The molecule has 3 nitrogen and oxygen atoms in total. The first-order valence-electron chi connectivity index (χ1n) is 7.23. The maximum Gasteiger partial charge on any atom is 0.217 e. The van der Waals surface area contributed by atoms with Gasteiger partial charge in [0, 0.05) is 17.5 Å². The minimum absolute atomic E-state index is 0.144. The van der Waals surface area contributed by atoms with Gasteiger partial charge in [0.05, 0.1) is 5.02 Å². The Morgan fingerprint density at radius 1 is 1.14 bits per heavy atom. The molecule has 1 saturated carbocycles. The van der Waals surface area contributed by atoms with E-state index >= 15 is 0 Å². The van der Waals surface area contributed by atoms with E-state index in [0.717, 1.165) is 0 Å². The van der Waals surface area contributed by atoms with Crippen molar-refractivity contribution in [1.29, 1.82) is 0 Å². The number of hydrogen-bond donors (Lipinski definition) is 1. The zero-order chi connectivity index (χ0) is 17.1. The molecule has 0 unspecified atom stereocenters. The zero-order valence-electron chi connectivity index (χ0n) is 13.7. The van der Waals surface area contributed by atoms with Gasteiger partial charge in [-0.3, -0.25) is 9.59 Å². The number of halogens is 2. The Morgan fingerprint density at radius 3 is 2.00 bits per heavy atom. The molecule has 0 saturated heterocycles. The summed E-state index contributed by atoms with van der Waals surface area (Å²) in [5.41, 5.74) is 0.158. The summed E-state index contributed by atoms with van der Waals surface area (Å²) in [5.74, 6) is -0.352. The number of ketones is 1. The summed E-state index contributed by atoms with van der Waals surface area (Å²) < 4.78 is 0. The molecule has 0 spiro atoms. The molecule has 22 heavy (non-hydrogen) atoms. The SMILES string of the molecule is CC(=O)NC1(C(=O)c2ccc(Cl)cc2Cl)CC1.CC(C)(C)C. The average molecular weight is 344 g/mol. The third kappa shape index (κ3) is 5.98. The van der Waals surface area contributed by atoms with Gasteiger partial charge in [-0.1, -0.05) is 50.9 Å². The van der Waals surface area contributed by atoms with Gasteiger partial charge in [0.15, 0.2) is 5.78 Å². The lowest BCUT2D eigenvalue weighted by molar-refractivity contribution is -0.119. The van der Waals surface area contributed by atoms with E-state index in [1.807, 2.05) is 0 Å². The van der Waals surface area contributed by atoms with Gasteiger partial charge in [-0.15, -0.1) is 0 Å². The predicted molar refractivity (Wildman–Crippen MR) is 91.7 cm³/mol. The smallest absolute Gasteiger partial charge is 0.217 e. The van der Waals surface area contributed by atoms with Gasteiger partial charge in [-0.2, -0.15) is 0 Å². The topological polar surface area (TPSA) is 46.2 Å². The second-order valence-corrected chi connectivity index (χ2v) is 8.06. The predicted octanol–water partition coefficient (Wildman–Crippen LogP) is 4.90. The number of nitrogens with one attached hydrogen (secondary N) is 1. The minimum atomic E-state index is -0.747. The normalized spacial score (nSPS) is 15.4. The van der Waals surface area contributed by atoms with E-state index in [9.17, 15) is 9.59 Å². The van der Waals surface area contributed by atoms with Crippen LogP contribution < -0.4 is 5.32 Å². The zero-order valence-corrected chi connectivity index (χ0v) is 15.2. The van der Waals surface area contributed by atoms with Crippen molar-refractivity contribution >= 4 is 34.9 Å². The number of rotatable bonds is 3. The van der Waals surface area contributed by atoms with E-state index in [1.165, 1.54) is 13.0 Å². The van der Waals surface area contributed by atoms with Crippen molar-refractivity contribution in [3.05, 3.63) is 33.8 Å². The number of hydrogen-bond acceptors (Lipinski definition) is 2. The molecule has 5 heteroatoms. The lowest BCUT2D eigenvalue weighted by Gasteiger charge is -2.15. The standard InChI is InChI=1S/C12H11Cl2NO2.C5H12/c1-7(16)15-12(4-5-12)11(17)9-3-2-8(13)6-10(9)14;1-5(2,3)4/h2-3,6H,4-5H2,1H3,(H,15,16);1-4H3. The number of amides is 1.